The van der Waals surface area contributed by atoms with Crippen molar-refractivity contribution < 1.29 is 8.83 Å². The summed E-state index contributed by atoms with van der Waals surface area (Å²) in [4.78, 5) is 24.1. The number of H-pyrrole nitrogens is 1. The van der Waals surface area contributed by atoms with Crippen molar-refractivity contribution in [3.05, 3.63) is 70.9 Å². The first-order valence-electron chi connectivity index (χ1n) is 7.72. The van der Waals surface area contributed by atoms with Gasteiger partial charge in [-0.2, -0.15) is 0 Å². The van der Waals surface area contributed by atoms with E-state index in [4.69, 9.17) is 8.83 Å². The predicted molar refractivity (Wildman–Crippen MR) is 93.1 cm³/mol. The second-order valence-electron chi connectivity index (χ2n) is 5.62. The fourth-order valence-electron chi connectivity index (χ4n) is 2.75. The van der Waals surface area contributed by atoms with Crippen molar-refractivity contribution in [2.75, 3.05) is 0 Å². The van der Waals surface area contributed by atoms with Crippen molar-refractivity contribution in [1.29, 1.82) is 0 Å². The highest BCUT2D eigenvalue weighted by Crippen LogP contribution is 2.26. The first-order valence-corrected chi connectivity index (χ1v) is 7.72. The van der Waals surface area contributed by atoms with Crippen LogP contribution >= 0.6 is 0 Å². The largest absolute Gasteiger partial charge is 0.435 e. The molecule has 2 aromatic carbocycles. The smallest absolute Gasteiger partial charge is 0.244 e. The molecule has 25 heavy (non-hydrogen) atoms. The van der Waals surface area contributed by atoms with E-state index in [1.165, 1.54) is 12.1 Å². The lowest BCUT2D eigenvalue weighted by atomic mass is 10.3. The summed E-state index contributed by atoms with van der Waals surface area (Å²) < 4.78 is 11.5. The van der Waals surface area contributed by atoms with E-state index in [1.807, 2.05) is 48.5 Å². The van der Waals surface area contributed by atoms with Crippen molar-refractivity contribution in [1.82, 2.24) is 15.0 Å². The second-order valence-corrected chi connectivity index (χ2v) is 5.62. The van der Waals surface area contributed by atoms with Gasteiger partial charge in [-0.25, -0.2) is 9.97 Å². The van der Waals surface area contributed by atoms with Crippen LogP contribution in [0.5, 0.6) is 0 Å². The molecule has 5 aromatic rings. The molecule has 3 heterocycles. The van der Waals surface area contributed by atoms with Crippen molar-refractivity contribution >= 4 is 22.2 Å². The van der Waals surface area contributed by atoms with Crippen molar-refractivity contribution in [3.63, 3.8) is 0 Å². The lowest BCUT2D eigenvalue weighted by molar-refractivity contribution is 0.611. The van der Waals surface area contributed by atoms with Crippen LogP contribution in [-0.4, -0.2) is 15.0 Å². The van der Waals surface area contributed by atoms with Gasteiger partial charge >= 0.3 is 0 Å². The summed E-state index contributed by atoms with van der Waals surface area (Å²) in [5.74, 6) is 0.688. The van der Waals surface area contributed by atoms with Crippen LogP contribution in [0.4, 0.5) is 0 Å². The van der Waals surface area contributed by atoms with Gasteiger partial charge in [-0.1, -0.05) is 24.3 Å². The monoisotopic (exact) mass is 329 g/mol. The molecule has 0 spiro atoms. The van der Waals surface area contributed by atoms with Crippen LogP contribution < -0.4 is 5.43 Å². The van der Waals surface area contributed by atoms with E-state index in [2.05, 4.69) is 15.0 Å². The van der Waals surface area contributed by atoms with Crippen LogP contribution in [0.3, 0.4) is 0 Å². The van der Waals surface area contributed by atoms with E-state index >= 15 is 0 Å². The van der Waals surface area contributed by atoms with Gasteiger partial charge in [-0.15, -0.1) is 0 Å². The summed E-state index contributed by atoms with van der Waals surface area (Å²) in [6.45, 7) is 0. The number of oxazole rings is 2. The van der Waals surface area contributed by atoms with Crippen LogP contribution in [0.1, 0.15) is 0 Å². The third-order valence-electron chi connectivity index (χ3n) is 3.89. The molecule has 0 radical (unpaired) electrons. The Morgan fingerprint density at radius 2 is 1.20 bits per heavy atom. The van der Waals surface area contributed by atoms with Gasteiger partial charge in [0.15, 0.2) is 16.6 Å². The Kier molecular flexibility index (Phi) is 2.84. The number of fused-ring (bicyclic) bond motifs is 2. The molecule has 0 fully saturated rings. The number of benzene rings is 2. The summed E-state index contributed by atoms with van der Waals surface area (Å²) in [5, 5.41) is 0. The van der Waals surface area contributed by atoms with Crippen LogP contribution in [0.25, 0.3) is 45.4 Å². The summed E-state index contributed by atoms with van der Waals surface area (Å²) in [5.41, 5.74) is 3.53. The van der Waals surface area contributed by atoms with Gasteiger partial charge in [0, 0.05) is 12.1 Å². The zero-order valence-electron chi connectivity index (χ0n) is 12.9. The highest BCUT2D eigenvalue weighted by atomic mass is 16.4. The molecular formula is C19H11N3O3. The van der Waals surface area contributed by atoms with E-state index in [-0.39, 0.29) is 5.43 Å². The Hall–Kier alpha value is -3.67. The molecule has 0 bridgehead atoms. The first kappa shape index (κ1) is 13.7. The minimum absolute atomic E-state index is 0.187. The molecule has 0 aliphatic heterocycles. The molecule has 0 saturated heterocycles. The highest BCUT2D eigenvalue weighted by molar-refractivity contribution is 5.77. The number of hydrogen-bond acceptors (Lipinski definition) is 5. The maximum absolute atomic E-state index is 12.1. The Morgan fingerprint density at radius 3 is 1.68 bits per heavy atom. The molecule has 0 amide bonds. The second kappa shape index (κ2) is 5.17. The molecule has 5 rings (SSSR count). The van der Waals surface area contributed by atoms with Crippen molar-refractivity contribution in [3.8, 4) is 23.2 Å². The zero-order chi connectivity index (χ0) is 16.8. The Labute approximate surface area is 140 Å². The van der Waals surface area contributed by atoms with E-state index in [9.17, 15) is 4.79 Å². The van der Waals surface area contributed by atoms with Gasteiger partial charge in [0.05, 0.1) is 0 Å². The van der Waals surface area contributed by atoms with Gasteiger partial charge in [0.2, 0.25) is 11.8 Å². The van der Waals surface area contributed by atoms with Gasteiger partial charge < -0.3 is 13.8 Å². The molecule has 120 valence electrons. The molecule has 0 unspecified atom stereocenters. The summed E-state index contributed by atoms with van der Waals surface area (Å²) in [7, 11) is 0. The van der Waals surface area contributed by atoms with Gasteiger partial charge in [0.25, 0.3) is 0 Å². The van der Waals surface area contributed by atoms with E-state index in [1.54, 1.807) is 0 Å². The van der Waals surface area contributed by atoms with Gasteiger partial charge in [0.1, 0.15) is 22.4 Å². The standard InChI is InChI=1S/C19H11N3O3/c23-11-9-14(18-21-12-5-1-3-7-16(12)24-18)20-15(10-11)19-22-13-6-2-4-8-17(13)25-19/h1-10H,(H,20,23). The zero-order valence-corrected chi connectivity index (χ0v) is 12.9. The van der Waals surface area contributed by atoms with Gasteiger partial charge in [-0.05, 0) is 24.3 Å². The Morgan fingerprint density at radius 1 is 0.720 bits per heavy atom. The lowest BCUT2D eigenvalue weighted by Gasteiger charge is -1.99. The average Bonchev–Trinajstić information content (AvgIpc) is 3.25. The van der Waals surface area contributed by atoms with E-state index < -0.39 is 0 Å². The highest BCUT2D eigenvalue weighted by Gasteiger charge is 2.14. The maximum atomic E-state index is 12.1. The third kappa shape index (κ3) is 2.31. The minimum Gasteiger partial charge on any atom is -0.435 e. The topological polar surface area (TPSA) is 84.9 Å². The predicted octanol–water partition coefficient (Wildman–Crippen LogP) is 3.99. The molecule has 0 aliphatic carbocycles. The van der Waals surface area contributed by atoms with Crippen LogP contribution in [0.2, 0.25) is 0 Å². The first-order chi connectivity index (χ1) is 12.3. The Bertz CT molecular complexity index is 1120. The number of rotatable bonds is 2. The van der Waals surface area contributed by atoms with Crippen LogP contribution in [0.15, 0.2) is 74.3 Å². The average molecular weight is 329 g/mol. The third-order valence-corrected chi connectivity index (χ3v) is 3.89. The number of nitrogens with zero attached hydrogens (tertiary/aromatic N) is 2. The number of hydrogen-bond donors (Lipinski definition) is 1. The van der Waals surface area contributed by atoms with Crippen LogP contribution in [-0.2, 0) is 0 Å². The number of aromatic amines is 1. The van der Waals surface area contributed by atoms with Gasteiger partial charge in [-0.3, -0.25) is 4.79 Å². The lowest BCUT2D eigenvalue weighted by Crippen LogP contribution is -2.02. The molecular weight excluding hydrogens is 318 g/mol. The summed E-state index contributed by atoms with van der Waals surface area (Å²) in [6.07, 6.45) is 0. The van der Waals surface area contributed by atoms with E-state index in [0.29, 0.717) is 34.3 Å². The van der Waals surface area contributed by atoms with E-state index in [0.717, 1.165) is 11.0 Å². The molecule has 0 atom stereocenters. The Balaban J connectivity index is 1.68. The van der Waals surface area contributed by atoms with Crippen LogP contribution in [0, 0.1) is 0 Å². The number of aromatic nitrogens is 3. The molecule has 3 aromatic heterocycles. The minimum atomic E-state index is -0.187. The fourth-order valence-corrected chi connectivity index (χ4v) is 2.75. The van der Waals surface area contributed by atoms with Crippen molar-refractivity contribution in [2.45, 2.75) is 0 Å². The summed E-state index contributed by atoms with van der Waals surface area (Å²) in [6, 6.07) is 17.7. The number of pyridine rings is 1. The summed E-state index contributed by atoms with van der Waals surface area (Å²) >= 11 is 0. The number of nitrogens with one attached hydrogen (secondary N) is 1. The quantitative estimate of drug-likeness (QED) is 0.529. The fraction of sp³-hybridized carbons (Fsp3) is 0. The normalized spacial score (nSPS) is 11.4. The molecule has 0 aliphatic rings. The SMILES string of the molecule is O=c1cc(-c2nc3ccccc3o2)[nH]c(-c2nc3ccccc3o2)c1. The molecule has 6 nitrogen and oxygen atoms in total. The molecule has 0 saturated carbocycles. The number of para-hydroxylation sites is 4. The van der Waals surface area contributed by atoms with Crippen molar-refractivity contribution in [2.24, 2.45) is 0 Å². The molecule has 1 N–H and O–H groups in total. The maximum Gasteiger partial charge on any atom is 0.244 e. The molecule has 6 heteroatoms.